The van der Waals surface area contributed by atoms with Crippen molar-refractivity contribution in [1.82, 2.24) is 0 Å². The highest BCUT2D eigenvalue weighted by Gasteiger charge is 2.44. The largest absolute Gasteiger partial charge is 0.522 e. The van der Waals surface area contributed by atoms with E-state index >= 15 is 0 Å². The van der Waals surface area contributed by atoms with Crippen LogP contribution in [0.3, 0.4) is 0 Å². The molecule has 0 saturated carbocycles. The molecule has 0 radical (unpaired) electrons. The smallest absolute Gasteiger partial charge is 0.279 e. The molecule has 1 rings (SSSR count). The minimum Gasteiger partial charge on any atom is -0.279 e. The molecule has 1 N–H and O–H groups in total. The van der Waals surface area contributed by atoms with E-state index in [4.69, 9.17) is 13.0 Å². The molecule has 0 aliphatic rings. The summed E-state index contributed by atoms with van der Waals surface area (Å²) in [4.78, 5) is 0. The Labute approximate surface area is 99.2 Å². The lowest BCUT2D eigenvalue weighted by Crippen LogP contribution is -2.21. The van der Waals surface area contributed by atoms with Crippen molar-refractivity contribution in [2.75, 3.05) is 13.3 Å². The van der Waals surface area contributed by atoms with Crippen LogP contribution >= 0.6 is 7.92 Å². The Bertz CT molecular complexity index is 429. The monoisotopic (exact) mass is 288 g/mol. The summed E-state index contributed by atoms with van der Waals surface area (Å²) in [5.74, 6) is 0. The molecule has 17 heavy (non-hydrogen) atoms. The van der Waals surface area contributed by atoms with Crippen molar-refractivity contribution in [3.05, 3.63) is 30.3 Å². The summed E-state index contributed by atoms with van der Waals surface area (Å²) >= 11 is 0. The highest BCUT2D eigenvalue weighted by molar-refractivity contribution is 7.86. The quantitative estimate of drug-likeness (QED) is 0.490. The first-order valence-electron chi connectivity index (χ1n) is 4.32. The molecule has 1 aromatic rings. The molecule has 0 unspecified atom stereocenters. The van der Waals surface area contributed by atoms with Gasteiger partial charge in [0.2, 0.25) is 0 Å². The van der Waals surface area contributed by atoms with Gasteiger partial charge in [0, 0.05) is 0 Å². The number of hydrogen-bond donors (Lipinski definition) is 1. The molecule has 0 saturated heterocycles. The third kappa shape index (κ3) is 6.61. The average molecular weight is 288 g/mol. The molecule has 0 heterocycles. The summed E-state index contributed by atoms with van der Waals surface area (Å²) in [6.07, 6.45) is 0. The SMILES string of the molecule is CP(C)c1ccccc1.O=S(=O)(O)C(F)(F)F. The van der Waals surface area contributed by atoms with E-state index in [1.807, 2.05) is 0 Å². The van der Waals surface area contributed by atoms with E-state index in [0.717, 1.165) is 0 Å². The number of alkyl halides is 3. The highest BCUT2D eigenvalue weighted by Crippen LogP contribution is 2.22. The maximum Gasteiger partial charge on any atom is 0.522 e. The molecule has 8 heteroatoms. The van der Waals surface area contributed by atoms with Crippen LogP contribution in [0.2, 0.25) is 0 Å². The second-order valence-electron chi connectivity index (χ2n) is 3.15. The van der Waals surface area contributed by atoms with Crippen LogP contribution in [0.25, 0.3) is 0 Å². The summed E-state index contributed by atoms with van der Waals surface area (Å²) < 4.78 is 57.5. The maximum atomic E-state index is 10.7. The molecule has 0 bridgehead atoms. The zero-order valence-corrected chi connectivity index (χ0v) is 10.9. The molecule has 0 aromatic heterocycles. The minimum atomic E-state index is -5.84. The Kier molecular flexibility index (Phi) is 6.09. The van der Waals surface area contributed by atoms with Gasteiger partial charge in [-0.15, -0.1) is 0 Å². The topological polar surface area (TPSA) is 54.4 Å². The van der Waals surface area contributed by atoms with Gasteiger partial charge in [-0.25, -0.2) is 0 Å². The van der Waals surface area contributed by atoms with Crippen molar-refractivity contribution in [2.24, 2.45) is 0 Å². The van der Waals surface area contributed by atoms with Gasteiger partial charge in [0.1, 0.15) is 0 Å². The van der Waals surface area contributed by atoms with Crippen molar-refractivity contribution in [3.8, 4) is 0 Å². The van der Waals surface area contributed by atoms with Crippen molar-refractivity contribution in [2.45, 2.75) is 5.51 Å². The van der Waals surface area contributed by atoms with Crippen molar-refractivity contribution >= 4 is 23.3 Å². The van der Waals surface area contributed by atoms with Gasteiger partial charge in [-0.05, 0) is 18.6 Å². The number of rotatable bonds is 1. The lowest BCUT2D eigenvalue weighted by molar-refractivity contribution is -0.0510. The average Bonchev–Trinajstić information content (AvgIpc) is 2.17. The molecule has 0 atom stereocenters. The van der Waals surface area contributed by atoms with Crippen LogP contribution in [0.4, 0.5) is 13.2 Å². The first-order valence-corrected chi connectivity index (χ1v) is 7.99. The Morgan fingerprint density at radius 2 is 1.47 bits per heavy atom. The van der Waals surface area contributed by atoms with E-state index in [1.165, 1.54) is 5.30 Å². The van der Waals surface area contributed by atoms with Gasteiger partial charge in [0.25, 0.3) is 0 Å². The van der Waals surface area contributed by atoms with Crippen LogP contribution in [0.1, 0.15) is 0 Å². The van der Waals surface area contributed by atoms with Crippen molar-refractivity contribution < 1.29 is 26.1 Å². The summed E-state index contributed by atoms with van der Waals surface area (Å²) in [6.45, 7) is 4.54. The molecular formula is C9H12F3O3PS. The van der Waals surface area contributed by atoms with Gasteiger partial charge in [-0.1, -0.05) is 38.3 Å². The lowest BCUT2D eigenvalue weighted by atomic mass is 10.4. The molecule has 0 aliphatic heterocycles. The van der Waals surface area contributed by atoms with E-state index in [9.17, 15) is 13.2 Å². The molecule has 98 valence electrons. The third-order valence-electron chi connectivity index (χ3n) is 1.57. The summed E-state index contributed by atoms with van der Waals surface area (Å²) in [7, 11) is -5.74. The van der Waals surface area contributed by atoms with Crippen LogP contribution in [0, 0.1) is 0 Å². The van der Waals surface area contributed by atoms with E-state index < -0.39 is 15.6 Å². The predicted molar refractivity (Wildman–Crippen MR) is 62.4 cm³/mol. The zero-order valence-electron chi connectivity index (χ0n) is 9.14. The van der Waals surface area contributed by atoms with E-state index in [-0.39, 0.29) is 7.92 Å². The lowest BCUT2D eigenvalue weighted by Gasteiger charge is -2.02. The van der Waals surface area contributed by atoms with Crippen molar-refractivity contribution in [1.29, 1.82) is 0 Å². The molecule has 3 nitrogen and oxygen atoms in total. The minimum absolute atomic E-state index is 0.104. The fourth-order valence-corrected chi connectivity index (χ4v) is 1.49. The Morgan fingerprint density at radius 3 is 1.65 bits per heavy atom. The van der Waals surface area contributed by atoms with E-state index in [2.05, 4.69) is 43.7 Å². The number of hydrogen-bond acceptors (Lipinski definition) is 2. The van der Waals surface area contributed by atoms with Gasteiger partial charge in [-0.2, -0.15) is 21.6 Å². The normalized spacial score (nSPS) is 11.9. The third-order valence-corrected chi connectivity index (χ3v) is 3.48. The summed E-state index contributed by atoms with van der Waals surface area (Å²) in [6, 6.07) is 10.6. The fourth-order valence-electron chi connectivity index (χ4n) is 0.726. The molecule has 0 spiro atoms. The van der Waals surface area contributed by atoms with Crippen LogP contribution < -0.4 is 5.30 Å². The van der Waals surface area contributed by atoms with Gasteiger partial charge >= 0.3 is 15.6 Å². The summed E-state index contributed by atoms with van der Waals surface area (Å²) in [5.41, 5.74) is -5.53. The molecule has 0 amide bonds. The molecule has 0 fully saturated rings. The Balaban J connectivity index is 0.000000304. The van der Waals surface area contributed by atoms with Crippen molar-refractivity contribution in [3.63, 3.8) is 0 Å². The molecular weight excluding hydrogens is 276 g/mol. The summed E-state index contributed by atoms with van der Waals surface area (Å²) in [5, 5.41) is 1.48. The second-order valence-corrected chi connectivity index (χ2v) is 6.87. The van der Waals surface area contributed by atoms with Gasteiger partial charge in [0.15, 0.2) is 0 Å². The fraction of sp³-hybridized carbons (Fsp3) is 0.333. The van der Waals surface area contributed by atoms with Gasteiger partial charge < -0.3 is 0 Å². The Hall–Kier alpha value is -0.650. The first-order chi connectivity index (χ1) is 7.55. The second kappa shape index (κ2) is 6.33. The van der Waals surface area contributed by atoms with Crippen LogP contribution in [-0.4, -0.2) is 31.8 Å². The standard InChI is InChI=1S/C8H11P.CHF3O3S/c1-9(2)8-6-4-3-5-7-8;2-1(3,4)8(5,6)7/h3-7H,1-2H3;(H,5,6,7). The van der Waals surface area contributed by atoms with Crippen LogP contribution in [-0.2, 0) is 10.1 Å². The van der Waals surface area contributed by atoms with Gasteiger partial charge in [-0.3, -0.25) is 4.55 Å². The van der Waals surface area contributed by atoms with Crippen LogP contribution in [0.15, 0.2) is 30.3 Å². The van der Waals surface area contributed by atoms with E-state index in [0.29, 0.717) is 0 Å². The highest BCUT2D eigenvalue weighted by atomic mass is 32.2. The number of benzene rings is 1. The molecule has 0 aliphatic carbocycles. The van der Waals surface area contributed by atoms with E-state index in [1.54, 1.807) is 0 Å². The predicted octanol–water partition coefficient (Wildman–Crippen LogP) is 2.45. The zero-order chi connectivity index (χ0) is 13.7. The Morgan fingerprint density at radius 1 is 1.12 bits per heavy atom. The maximum absolute atomic E-state index is 10.7. The van der Waals surface area contributed by atoms with Crippen LogP contribution in [0.5, 0.6) is 0 Å². The first kappa shape index (κ1) is 16.4. The molecule has 1 aromatic carbocycles. The number of halogens is 3. The van der Waals surface area contributed by atoms with Gasteiger partial charge in [0.05, 0.1) is 0 Å².